The number of alkyl halides is 3. The molecule has 0 aliphatic rings. The lowest BCUT2D eigenvalue weighted by atomic mass is 10.1. The number of pyridine rings is 1. The molecule has 0 radical (unpaired) electrons. The zero-order valence-corrected chi connectivity index (χ0v) is 15.2. The number of hydrogen-bond acceptors (Lipinski definition) is 5. The Morgan fingerprint density at radius 2 is 1.78 bits per heavy atom. The second kappa shape index (κ2) is 8.72. The van der Waals surface area contributed by atoms with Crippen LogP contribution in [0.15, 0.2) is 60.5 Å². The van der Waals surface area contributed by atoms with E-state index in [9.17, 15) is 18.0 Å². The first-order valence-electron chi connectivity index (χ1n) is 7.82. The Morgan fingerprint density at radius 3 is 2.26 bits per heavy atom. The quantitative estimate of drug-likeness (QED) is 0.365. The number of aromatic nitrogens is 1. The van der Waals surface area contributed by atoms with Crippen LogP contribution in [0.1, 0.15) is 28.4 Å². The van der Waals surface area contributed by atoms with Crippen LogP contribution in [-0.4, -0.2) is 27.5 Å². The number of amides is 1. The van der Waals surface area contributed by atoms with Crippen LogP contribution in [0, 0.1) is 0 Å². The molecule has 0 bridgehead atoms. The van der Waals surface area contributed by atoms with Crippen LogP contribution >= 0.6 is 11.8 Å². The summed E-state index contributed by atoms with van der Waals surface area (Å²) in [6, 6.07) is 7.70. The lowest BCUT2D eigenvalue weighted by molar-refractivity contribution is -0.137. The predicted molar refractivity (Wildman–Crippen MR) is 101 cm³/mol. The first-order valence-corrected chi connectivity index (χ1v) is 8.63. The number of thioether (sulfide) groups is 1. The van der Waals surface area contributed by atoms with E-state index in [0.29, 0.717) is 22.6 Å². The van der Waals surface area contributed by atoms with Crippen molar-refractivity contribution in [1.29, 1.82) is 0 Å². The highest BCUT2D eigenvalue weighted by molar-refractivity contribution is 8.21. The normalized spacial score (nSPS) is 11.9. The standard InChI is InChI=1S/C18H17F3N4OS/c1-3-25(16(26)14-8-10-23-11-9-14)17(24-22)27-12(2)13-4-6-15(7-5-13)18(19,20)21/h4-11H,2-3,22H2,1H3/b24-17-. The molecule has 2 rings (SSSR count). The van der Waals surface area contributed by atoms with Crippen molar-refractivity contribution >= 4 is 27.7 Å². The van der Waals surface area contributed by atoms with Crippen molar-refractivity contribution < 1.29 is 18.0 Å². The molecule has 0 unspecified atom stereocenters. The number of nitrogens with two attached hydrogens (primary N) is 1. The Balaban J connectivity index is 2.17. The number of hydrazone groups is 1. The van der Waals surface area contributed by atoms with Gasteiger partial charge in [-0.1, -0.05) is 18.7 Å². The molecule has 0 aliphatic carbocycles. The molecule has 0 saturated carbocycles. The number of hydrogen-bond donors (Lipinski definition) is 1. The average molecular weight is 394 g/mol. The molecule has 0 saturated heterocycles. The summed E-state index contributed by atoms with van der Waals surface area (Å²) in [6.07, 6.45) is -1.42. The molecule has 0 fully saturated rings. The van der Waals surface area contributed by atoms with E-state index in [0.717, 1.165) is 23.9 Å². The van der Waals surface area contributed by atoms with Gasteiger partial charge in [-0.15, -0.1) is 0 Å². The number of rotatable bonds is 4. The summed E-state index contributed by atoms with van der Waals surface area (Å²) in [4.78, 5) is 18.3. The maximum atomic E-state index is 12.7. The Hall–Kier alpha value is -2.81. The van der Waals surface area contributed by atoms with Gasteiger partial charge in [-0.05, 0) is 48.5 Å². The van der Waals surface area contributed by atoms with Gasteiger partial charge >= 0.3 is 6.18 Å². The minimum Gasteiger partial charge on any atom is -0.321 e. The highest BCUT2D eigenvalue weighted by Gasteiger charge is 2.30. The van der Waals surface area contributed by atoms with Gasteiger partial charge in [0.1, 0.15) is 0 Å². The molecular weight excluding hydrogens is 377 g/mol. The highest BCUT2D eigenvalue weighted by Crippen LogP contribution is 2.33. The molecule has 9 heteroatoms. The van der Waals surface area contributed by atoms with Crippen molar-refractivity contribution in [3.8, 4) is 0 Å². The maximum Gasteiger partial charge on any atom is 0.416 e. The van der Waals surface area contributed by atoms with E-state index in [1.54, 1.807) is 19.1 Å². The third-order valence-corrected chi connectivity index (χ3v) is 4.57. The Kier molecular flexibility index (Phi) is 6.62. The number of amidine groups is 1. The van der Waals surface area contributed by atoms with Crippen molar-refractivity contribution in [3.05, 3.63) is 72.1 Å². The van der Waals surface area contributed by atoms with Crippen LogP contribution in [0.3, 0.4) is 0 Å². The third kappa shape index (κ3) is 5.10. The molecule has 2 aromatic rings. The van der Waals surface area contributed by atoms with E-state index in [1.807, 2.05) is 0 Å². The largest absolute Gasteiger partial charge is 0.416 e. The van der Waals surface area contributed by atoms with Gasteiger partial charge in [0.15, 0.2) is 5.17 Å². The summed E-state index contributed by atoms with van der Waals surface area (Å²) in [7, 11) is 0. The van der Waals surface area contributed by atoms with Gasteiger partial charge in [0.2, 0.25) is 0 Å². The topological polar surface area (TPSA) is 71.6 Å². The number of benzene rings is 1. The molecule has 1 amide bonds. The molecule has 142 valence electrons. The van der Waals surface area contributed by atoms with Crippen LogP contribution in [0.5, 0.6) is 0 Å². The molecule has 0 spiro atoms. The van der Waals surface area contributed by atoms with E-state index in [1.165, 1.54) is 29.4 Å². The lowest BCUT2D eigenvalue weighted by Crippen LogP contribution is -2.35. The predicted octanol–water partition coefficient (Wildman–Crippen LogP) is 4.20. The summed E-state index contributed by atoms with van der Waals surface area (Å²) >= 11 is 1.01. The van der Waals surface area contributed by atoms with E-state index in [4.69, 9.17) is 5.84 Å². The Morgan fingerprint density at radius 1 is 1.19 bits per heavy atom. The molecule has 0 atom stereocenters. The van der Waals surface area contributed by atoms with E-state index >= 15 is 0 Å². The third-order valence-electron chi connectivity index (χ3n) is 3.58. The molecule has 1 aromatic carbocycles. The lowest BCUT2D eigenvalue weighted by Gasteiger charge is -2.22. The monoisotopic (exact) mass is 394 g/mol. The fourth-order valence-corrected chi connectivity index (χ4v) is 3.03. The van der Waals surface area contributed by atoms with Crippen LogP contribution in [0.4, 0.5) is 13.2 Å². The van der Waals surface area contributed by atoms with E-state index < -0.39 is 11.7 Å². The van der Waals surface area contributed by atoms with Gasteiger partial charge in [0.05, 0.1) is 5.56 Å². The van der Waals surface area contributed by atoms with Gasteiger partial charge in [-0.2, -0.15) is 18.3 Å². The van der Waals surface area contributed by atoms with E-state index in [-0.39, 0.29) is 11.1 Å². The Labute approximate surface area is 158 Å². The zero-order valence-electron chi connectivity index (χ0n) is 14.4. The smallest absolute Gasteiger partial charge is 0.321 e. The first-order chi connectivity index (χ1) is 12.8. The van der Waals surface area contributed by atoms with Crippen molar-refractivity contribution in [1.82, 2.24) is 9.88 Å². The van der Waals surface area contributed by atoms with Gasteiger partial charge in [-0.3, -0.25) is 14.7 Å². The summed E-state index contributed by atoms with van der Waals surface area (Å²) < 4.78 is 38.0. The molecule has 2 N–H and O–H groups in total. The molecular formula is C18H17F3N4OS. The summed E-state index contributed by atoms with van der Waals surface area (Å²) in [5, 5.41) is 3.84. The van der Waals surface area contributed by atoms with Crippen LogP contribution in [-0.2, 0) is 6.18 Å². The maximum absolute atomic E-state index is 12.7. The van der Waals surface area contributed by atoms with Crippen LogP contribution < -0.4 is 5.84 Å². The number of carbonyl (C=O) groups is 1. The highest BCUT2D eigenvalue weighted by atomic mass is 32.2. The van der Waals surface area contributed by atoms with Crippen LogP contribution in [0.2, 0.25) is 0 Å². The van der Waals surface area contributed by atoms with Gasteiger partial charge in [0.25, 0.3) is 5.91 Å². The van der Waals surface area contributed by atoms with Gasteiger partial charge < -0.3 is 5.84 Å². The summed E-state index contributed by atoms with van der Waals surface area (Å²) in [5.41, 5.74) is 0.134. The molecule has 27 heavy (non-hydrogen) atoms. The number of halogens is 3. The van der Waals surface area contributed by atoms with Crippen LogP contribution in [0.25, 0.3) is 4.91 Å². The SMILES string of the molecule is C=C(S/C(=N\N)N(CC)C(=O)c1ccncc1)c1ccc(C(F)(F)F)cc1. The van der Waals surface area contributed by atoms with Gasteiger partial charge in [-0.25, -0.2) is 0 Å². The average Bonchev–Trinajstić information content (AvgIpc) is 2.67. The minimum atomic E-state index is -4.41. The van der Waals surface area contributed by atoms with E-state index in [2.05, 4.69) is 16.7 Å². The Bertz CT molecular complexity index is 836. The van der Waals surface area contributed by atoms with Crippen molar-refractivity contribution in [3.63, 3.8) is 0 Å². The minimum absolute atomic E-state index is 0.184. The number of nitrogens with zero attached hydrogens (tertiary/aromatic N) is 3. The van der Waals surface area contributed by atoms with Crippen molar-refractivity contribution in [2.45, 2.75) is 13.1 Å². The molecule has 1 aromatic heterocycles. The molecule has 0 aliphatic heterocycles. The van der Waals surface area contributed by atoms with Crippen molar-refractivity contribution in [2.24, 2.45) is 10.9 Å². The fourth-order valence-electron chi connectivity index (χ4n) is 2.18. The number of carbonyl (C=O) groups excluding carboxylic acids is 1. The summed E-state index contributed by atoms with van der Waals surface area (Å²) in [5.74, 6) is 5.12. The first kappa shape index (κ1) is 20.5. The molecule has 1 heterocycles. The van der Waals surface area contributed by atoms with Gasteiger partial charge in [0, 0.05) is 29.4 Å². The fraction of sp³-hybridized carbons (Fsp3) is 0.167. The zero-order chi connectivity index (χ0) is 20.0. The second-order valence-corrected chi connectivity index (χ2v) is 6.36. The molecule has 5 nitrogen and oxygen atoms in total. The van der Waals surface area contributed by atoms with Crippen molar-refractivity contribution in [2.75, 3.05) is 6.54 Å². The second-order valence-electron chi connectivity index (χ2n) is 5.30. The summed E-state index contributed by atoms with van der Waals surface area (Å²) in [6.45, 7) is 5.90.